The molecule has 2 rings (SSSR count). The number of aromatic hydroxyl groups is 1. The number of esters is 1. The molecular formula is C28H38ClNO6. The van der Waals surface area contributed by atoms with Crippen LogP contribution in [-0.4, -0.2) is 41.2 Å². The van der Waals surface area contributed by atoms with Crippen LogP contribution in [0.25, 0.3) is 0 Å². The molecule has 0 aliphatic heterocycles. The second-order valence-corrected chi connectivity index (χ2v) is 9.86. The lowest BCUT2D eigenvalue weighted by atomic mass is 9.90. The Kier molecular flexibility index (Phi) is 11.5. The number of nitrogens with zero attached hydrogens (tertiary/aromatic N) is 1. The third-order valence-electron chi connectivity index (χ3n) is 6.26. The van der Waals surface area contributed by atoms with Crippen LogP contribution in [0.5, 0.6) is 17.2 Å². The predicted molar refractivity (Wildman–Crippen MR) is 140 cm³/mol. The number of aromatic nitrogens is 1. The van der Waals surface area contributed by atoms with Crippen LogP contribution in [-0.2, 0) is 9.53 Å². The largest absolute Gasteiger partial charge is 0.503 e. The number of hydrogen-bond donors (Lipinski definition) is 1. The summed E-state index contributed by atoms with van der Waals surface area (Å²) in [6.07, 6.45) is 2.49. The first-order chi connectivity index (χ1) is 17.1. The van der Waals surface area contributed by atoms with E-state index in [1.54, 1.807) is 24.3 Å². The number of methoxy groups -OCH3 is 1. The highest BCUT2D eigenvalue weighted by Crippen LogP contribution is 2.31. The fraction of sp³-hybridized carbons (Fsp3) is 0.536. The zero-order valence-corrected chi connectivity index (χ0v) is 22.7. The van der Waals surface area contributed by atoms with E-state index < -0.39 is 23.8 Å². The standard InChI is InChI=1S/C28H38ClNO6/c1-7-19(8-2)27(36-22-11-9-21(29)10-12-22)18(5)35-28(33)20(15-17(3)4)16-23(31)25-26(32)24(34-6)13-14-30-25/h9-14,17-20,27,32H,7-8,15-16H2,1-6H3/t18-,20+,27+/m0/s1. The van der Waals surface area contributed by atoms with Gasteiger partial charge in [-0.2, -0.15) is 0 Å². The van der Waals surface area contributed by atoms with Gasteiger partial charge >= 0.3 is 5.97 Å². The number of rotatable bonds is 14. The maximum atomic E-state index is 13.3. The number of carbonyl (C=O) groups excluding carboxylic acids is 2. The van der Waals surface area contributed by atoms with E-state index in [1.165, 1.54) is 19.4 Å². The van der Waals surface area contributed by atoms with Gasteiger partial charge in [0.2, 0.25) is 0 Å². The summed E-state index contributed by atoms with van der Waals surface area (Å²) in [6.45, 7) is 9.93. The Bertz CT molecular complexity index is 990. The smallest absolute Gasteiger partial charge is 0.309 e. The van der Waals surface area contributed by atoms with Gasteiger partial charge in [0.1, 0.15) is 18.0 Å². The summed E-state index contributed by atoms with van der Waals surface area (Å²) in [7, 11) is 1.39. The topological polar surface area (TPSA) is 95.0 Å². The van der Waals surface area contributed by atoms with Crippen LogP contribution in [0.1, 0.15) is 70.8 Å². The fourth-order valence-electron chi connectivity index (χ4n) is 4.30. The highest BCUT2D eigenvalue weighted by molar-refractivity contribution is 6.30. The van der Waals surface area contributed by atoms with E-state index in [9.17, 15) is 14.7 Å². The molecule has 0 saturated carbocycles. The summed E-state index contributed by atoms with van der Waals surface area (Å²) >= 11 is 6.01. The highest BCUT2D eigenvalue weighted by Gasteiger charge is 2.33. The van der Waals surface area contributed by atoms with Crippen molar-refractivity contribution in [3.8, 4) is 17.2 Å². The van der Waals surface area contributed by atoms with Gasteiger partial charge in [0, 0.05) is 23.7 Å². The Morgan fingerprint density at radius 1 is 1.06 bits per heavy atom. The van der Waals surface area contributed by atoms with Crippen LogP contribution in [0.15, 0.2) is 36.5 Å². The van der Waals surface area contributed by atoms with Crippen LogP contribution >= 0.6 is 11.6 Å². The first-order valence-corrected chi connectivity index (χ1v) is 12.9. The van der Waals surface area contributed by atoms with E-state index >= 15 is 0 Å². The molecule has 0 bridgehead atoms. The fourth-order valence-corrected chi connectivity index (χ4v) is 4.43. The summed E-state index contributed by atoms with van der Waals surface area (Å²) < 4.78 is 17.3. The second-order valence-electron chi connectivity index (χ2n) is 9.42. The van der Waals surface area contributed by atoms with Gasteiger partial charge in [-0.05, 0) is 62.3 Å². The number of carbonyl (C=O) groups is 2. The molecule has 8 heteroatoms. The van der Waals surface area contributed by atoms with Crippen LogP contribution in [0.2, 0.25) is 5.02 Å². The minimum atomic E-state index is -0.690. The van der Waals surface area contributed by atoms with Gasteiger partial charge < -0.3 is 19.3 Å². The molecule has 1 heterocycles. The lowest BCUT2D eigenvalue weighted by Gasteiger charge is -2.32. The van der Waals surface area contributed by atoms with Crippen LogP contribution in [0, 0.1) is 17.8 Å². The Hall–Kier alpha value is -2.80. The highest BCUT2D eigenvalue weighted by atomic mass is 35.5. The maximum absolute atomic E-state index is 13.3. The monoisotopic (exact) mass is 519 g/mol. The normalized spacial score (nSPS) is 13.8. The van der Waals surface area contributed by atoms with E-state index in [-0.39, 0.29) is 41.6 Å². The molecule has 0 saturated heterocycles. The van der Waals surface area contributed by atoms with Crippen molar-refractivity contribution in [3.05, 3.63) is 47.2 Å². The van der Waals surface area contributed by atoms with Crippen molar-refractivity contribution >= 4 is 23.4 Å². The molecule has 0 unspecified atom stereocenters. The van der Waals surface area contributed by atoms with Gasteiger partial charge in [-0.1, -0.05) is 39.3 Å². The van der Waals surface area contributed by atoms with Crippen molar-refractivity contribution in [1.82, 2.24) is 4.98 Å². The van der Waals surface area contributed by atoms with E-state index in [2.05, 4.69) is 18.8 Å². The Morgan fingerprint density at radius 3 is 2.25 bits per heavy atom. The van der Waals surface area contributed by atoms with E-state index in [0.29, 0.717) is 17.2 Å². The van der Waals surface area contributed by atoms with Gasteiger partial charge in [0.15, 0.2) is 23.0 Å². The molecule has 2 aromatic rings. The summed E-state index contributed by atoms with van der Waals surface area (Å²) in [5.74, 6) is -0.835. The maximum Gasteiger partial charge on any atom is 0.309 e. The molecule has 1 N–H and O–H groups in total. The molecule has 0 radical (unpaired) electrons. The SMILES string of the molecule is CCC(CC)[C@H](Oc1ccc(Cl)cc1)[C@H](C)OC(=O)[C@@H](CC(=O)c1nccc(OC)c1O)CC(C)C. The summed E-state index contributed by atoms with van der Waals surface area (Å²) in [5, 5.41) is 10.9. The number of ketones is 1. The third-order valence-corrected chi connectivity index (χ3v) is 6.51. The number of pyridine rings is 1. The van der Waals surface area contributed by atoms with E-state index in [0.717, 1.165) is 12.8 Å². The van der Waals surface area contributed by atoms with Gasteiger partial charge in [-0.3, -0.25) is 9.59 Å². The molecule has 0 fully saturated rings. The van der Waals surface area contributed by atoms with Gasteiger partial charge in [-0.25, -0.2) is 4.98 Å². The lowest BCUT2D eigenvalue weighted by molar-refractivity contribution is -0.160. The van der Waals surface area contributed by atoms with Crippen molar-refractivity contribution < 1.29 is 28.9 Å². The molecule has 3 atom stereocenters. The van der Waals surface area contributed by atoms with Crippen LogP contribution in [0.3, 0.4) is 0 Å². The van der Waals surface area contributed by atoms with Crippen molar-refractivity contribution in [3.63, 3.8) is 0 Å². The second kappa shape index (κ2) is 14.1. The van der Waals surface area contributed by atoms with Crippen molar-refractivity contribution in [1.29, 1.82) is 0 Å². The third kappa shape index (κ3) is 8.12. The van der Waals surface area contributed by atoms with E-state index in [1.807, 2.05) is 20.8 Å². The average molecular weight is 520 g/mol. The number of halogens is 1. The first kappa shape index (κ1) is 29.4. The van der Waals surface area contributed by atoms with Gasteiger partial charge in [-0.15, -0.1) is 0 Å². The molecular weight excluding hydrogens is 482 g/mol. The molecule has 36 heavy (non-hydrogen) atoms. The van der Waals surface area contributed by atoms with Crippen LogP contribution in [0.4, 0.5) is 0 Å². The Morgan fingerprint density at radius 2 is 1.69 bits per heavy atom. The number of hydrogen-bond acceptors (Lipinski definition) is 7. The Balaban J connectivity index is 2.21. The molecule has 0 aliphatic carbocycles. The number of benzene rings is 1. The molecule has 0 spiro atoms. The molecule has 0 amide bonds. The van der Waals surface area contributed by atoms with Gasteiger partial charge in [0.05, 0.1) is 13.0 Å². The van der Waals surface area contributed by atoms with Crippen molar-refractivity contribution in [2.45, 2.75) is 72.5 Å². The zero-order valence-electron chi connectivity index (χ0n) is 22.0. The minimum Gasteiger partial charge on any atom is -0.503 e. The minimum absolute atomic E-state index is 0.120. The first-order valence-electron chi connectivity index (χ1n) is 12.5. The summed E-state index contributed by atoms with van der Waals surface area (Å²) in [4.78, 5) is 30.3. The Labute approximate surface area is 219 Å². The average Bonchev–Trinajstić information content (AvgIpc) is 2.84. The van der Waals surface area contributed by atoms with Crippen molar-refractivity contribution in [2.75, 3.05) is 7.11 Å². The van der Waals surface area contributed by atoms with Crippen LogP contribution < -0.4 is 9.47 Å². The molecule has 0 aliphatic rings. The predicted octanol–water partition coefficient (Wildman–Crippen LogP) is 6.50. The number of Topliss-reactive ketones (excluding diaryl/α,β-unsaturated/α-hetero) is 1. The van der Waals surface area contributed by atoms with Crippen molar-refractivity contribution in [2.24, 2.45) is 17.8 Å². The summed E-state index contributed by atoms with van der Waals surface area (Å²) in [6, 6.07) is 8.56. The molecule has 1 aromatic heterocycles. The zero-order chi connectivity index (χ0) is 26.8. The molecule has 198 valence electrons. The molecule has 7 nitrogen and oxygen atoms in total. The lowest BCUT2D eigenvalue weighted by Crippen LogP contribution is -2.40. The molecule has 1 aromatic carbocycles. The van der Waals surface area contributed by atoms with Gasteiger partial charge in [0.25, 0.3) is 0 Å². The summed E-state index contributed by atoms with van der Waals surface area (Å²) in [5.41, 5.74) is -0.120. The quantitative estimate of drug-likeness (QED) is 0.225. The number of ether oxygens (including phenoxy) is 3. The van der Waals surface area contributed by atoms with E-state index in [4.69, 9.17) is 25.8 Å².